The lowest BCUT2D eigenvalue weighted by molar-refractivity contribution is -0.317. The van der Waals surface area contributed by atoms with E-state index < -0.39 is 30.0 Å². The minimum atomic E-state index is -5.60. The van der Waals surface area contributed by atoms with Gasteiger partial charge in [0, 0.05) is 24.4 Å². The van der Waals surface area contributed by atoms with Crippen molar-refractivity contribution in [3.8, 4) is 0 Å². The zero-order valence-electron chi connectivity index (χ0n) is 14.9. The number of ketones is 1. The second kappa shape index (κ2) is 6.13. The Labute approximate surface area is 154 Å². The molecule has 2 saturated carbocycles. The molecule has 4 aliphatic carbocycles. The van der Waals surface area contributed by atoms with E-state index in [2.05, 4.69) is 0 Å². The topological polar surface area (TPSA) is 37.3 Å². The standard InChI is InChI=1S/C20H23F5O2/c21-19(22,20(23,24)25)17-6-5-16-15-3-1-11-9-12(27)2-4-13(11)14(15)7-8-18(16,17)10-26/h9,15-17,26H,1-8,10H2/t15-,16+,17-,18-/m1/s1. The van der Waals surface area contributed by atoms with Crippen LogP contribution in [0.4, 0.5) is 22.0 Å². The van der Waals surface area contributed by atoms with Crippen LogP contribution in [-0.2, 0) is 4.79 Å². The predicted molar refractivity (Wildman–Crippen MR) is 88.0 cm³/mol. The van der Waals surface area contributed by atoms with Crippen molar-refractivity contribution in [2.45, 2.75) is 63.5 Å². The quantitative estimate of drug-likeness (QED) is 0.676. The lowest BCUT2D eigenvalue weighted by atomic mass is 9.55. The van der Waals surface area contributed by atoms with Gasteiger partial charge >= 0.3 is 12.1 Å². The van der Waals surface area contributed by atoms with Crippen LogP contribution in [0.1, 0.15) is 51.4 Å². The van der Waals surface area contributed by atoms with Gasteiger partial charge in [-0.1, -0.05) is 5.57 Å². The average molecular weight is 390 g/mol. The molecule has 0 heterocycles. The van der Waals surface area contributed by atoms with Gasteiger partial charge < -0.3 is 5.11 Å². The van der Waals surface area contributed by atoms with E-state index in [1.807, 2.05) is 0 Å². The van der Waals surface area contributed by atoms with Gasteiger partial charge in [0.05, 0.1) is 0 Å². The van der Waals surface area contributed by atoms with Crippen LogP contribution >= 0.6 is 0 Å². The van der Waals surface area contributed by atoms with Crippen molar-refractivity contribution in [2.75, 3.05) is 6.61 Å². The van der Waals surface area contributed by atoms with E-state index in [0.29, 0.717) is 32.1 Å². The molecular weight excluding hydrogens is 367 g/mol. The summed E-state index contributed by atoms with van der Waals surface area (Å²) in [5, 5.41) is 10.0. The third-order valence-electron chi connectivity index (χ3n) is 7.56. The molecule has 2 nitrogen and oxygen atoms in total. The number of fused-ring (bicyclic) bond motifs is 4. The number of rotatable bonds is 2. The fraction of sp³-hybridized carbons (Fsp3) is 0.750. The van der Waals surface area contributed by atoms with Crippen LogP contribution in [0.2, 0.25) is 0 Å². The Morgan fingerprint density at radius 1 is 1.04 bits per heavy atom. The van der Waals surface area contributed by atoms with E-state index in [1.165, 1.54) is 0 Å². The first kappa shape index (κ1) is 19.1. The molecule has 4 rings (SSSR count). The molecule has 2 fully saturated rings. The highest BCUT2D eigenvalue weighted by molar-refractivity contribution is 5.93. The van der Waals surface area contributed by atoms with Crippen molar-refractivity contribution in [3.05, 3.63) is 22.8 Å². The number of hydrogen-bond donors (Lipinski definition) is 1. The SMILES string of the molecule is O=C1C=C2CC[C@@H]3C(=C2CC1)CC[C@@]1(CO)[C@H]3CC[C@H]1C(F)(F)C(F)(F)F. The summed E-state index contributed by atoms with van der Waals surface area (Å²) in [5.74, 6) is -6.96. The largest absolute Gasteiger partial charge is 0.453 e. The summed E-state index contributed by atoms with van der Waals surface area (Å²) in [5.41, 5.74) is 1.91. The second-order valence-corrected chi connectivity index (χ2v) is 8.53. The highest BCUT2D eigenvalue weighted by Gasteiger charge is 2.71. The molecular formula is C20H23F5O2. The molecule has 27 heavy (non-hydrogen) atoms. The van der Waals surface area contributed by atoms with E-state index in [9.17, 15) is 31.9 Å². The Hall–Kier alpha value is -1.24. The molecule has 7 heteroatoms. The Morgan fingerprint density at radius 2 is 1.78 bits per heavy atom. The van der Waals surface area contributed by atoms with Gasteiger partial charge in [0.1, 0.15) is 0 Å². The summed E-state index contributed by atoms with van der Waals surface area (Å²) in [7, 11) is 0. The van der Waals surface area contributed by atoms with E-state index in [1.54, 1.807) is 6.08 Å². The van der Waals surface area contributed by atoms with Gasteiger partial charge in [-0.25, -0.2) is 0 Å². The lowest BCUT2D eigenvalue weighted by Gasteiger charge is -2.51. The van der Waals surface area contributed by atoms with Crippen LogP contribution in [0.15, 0.2) is 22.8 Å². The van der Waals surface area contributed by atoms with E-state index in [0.717, 1.165) is 16.7 Å². The lowest BCUT2D eigenvalue weighted by Crippen LogP contribution is -2.54. The molecule has 0 aromatic heterocycles. The van der Waals surface area contributed by atoms with E-state index in [4.69, 9.17) is 0 Å². The van der Waals surface area contributed by atoms with Crippen LogP contribution in [0, 0.1) is 23.2 Å². The summed E-state index contributed by atoms with van der Waals surface area (Å²) < 4.78 is 67.7. The molecule has 0 radical (unpaired) electrons. The van der Waals surface area contributed by atoms with Gasteiger partial charge in [-0.15, -0.1) is 0 Å². The molecule has 1 N–H and O–H groups in total. The molecule has 0 aliphatic heterocycles. The highest BCUT2D eigenvalue weighted by atomic mass is 19.4. The third-order valence-corrected chi connectivity index (χ3v) is 7.56. The Kier molecular flexibility index (Phi) is 4.33. The molecule has 0 aromatic carbocycles. The average Bonchev–Trinajstić information content (AvgIpc) is 3.00. The van der Waals surface area contributed by atoms with Crippen LogP contribution in [0.25, 0.3) is 0 Å². The fourth-order valence-corrected chi connectivity index (χ4v) is 6.40. The minimum Gasteiger partial charge on any atom is -0.396 e. The highest BCUT2D eigenvalue weighted by Crippen LogP contribution is 2.66. The smallest absolute Gasteiger partial charge is 0.396 e. The minimum absolute atomic E-state index is 0.0553. The molecule has 4 atom stereocenters. The fourth-order valence-electron chi connectivity index (χ4n) is 6.40. The van der Waals surface area contributed by atoms with Gasteiger partial charge in [0.15, 0.2) is 5.78 Å². The summed E-state index contributed by atoms with van der Waals surface area (Å²) >= 11 is 0. The summed E-state index contributed by atoms with van der Waals surface area (Å²) in [6.45, 7) is -0.631. The number of aliphatic hydroxyl groups excluding tert-OH is 1. The maximum absolute atomic E-state index is 14.3. The number of carbonyl (C=O) groups excluding carboxylic acids is 1. The number of hydrogen-bond acceptors (Lipinski definition) is 2. The first-order valence-electron chi connectivity index (χ1n) is 9.63. The second-order valence-electron chi connectivity index (χ2n) is 8.53. The maximum Gasteiger partial charge on any atom is 0.453 e. The van der Waals surface area contributed by atoms with Crippen molar-refractivity contribution in [1.82, 2.24) is 0 Å². The summed E-state index contributed by atoms with van der Waals surface area (Å²) in [6, 6.07) is 0. The van der Waals surface area contributed by atoms with Gasteiger partial charge in [0.25, 0.3) is 0 Å². The number of alkyl halides is 5. The molecule has 0 aromatic rings. The number of allylic oxidation sites excluding steroid dienone is 4. The zero-order chi connectivity index (χ0) is 19.6. The van der Waals surface area contributed by atoms with Gasteiger partial charge in [-0.05, 0) is 74.0 Å². The molecule has 0 bridgehead atoms. The molecule has 150 valence electrons. The molecule has 0 unspecified atom stereocenters. The van der Waals surface area contributed by atoms with Crippen molar-refractivity contribution < 1.29 is 31.9 Å². The van der Waals surface area contributed by atoms with Gasteiger partial charge in [-0.2, -0.15) is 22.0 Å². The zero-order valence-corrected chi connectivity index (χ0v) is 14.9. The molecule has 0 amide bonds. The van der Waals surface area contributed by atoms with Gasteiger partial charge in [-0.3, -0.25) is 4.79 Å². The van der Waals surface area contributed by atoms with Crippen molar-refractivity contribution in [2.24, 2.45) is 23.2 Å². The monoisotopic (exact) mass is 390 g/mol. The molecule has 0 saturated heterocycles. The molecule has 0 spiro atoms. The Bertz CT molecular complexity index is 720. The van der Waals surface area contributed by atoms with Crippen LogP contribution < -0.4 is 0 Å². The maximum atomic E-state index is 14.3. The predicted octanol–water partition coefficient (Wildman–Crippen LogP) is 4.98. The van der Waals surface area contributed by atoms with Crippen LogP contribution in [0.5, 0.6) is 0 Å². The Morgan fingerprint density at radius 3 is 2.44 bits per heavy atom. The van der Waals surface area contributed by atoms with Crippen LogP contribution in [0.3, 0.4) is 0 Å². The van der Waals surface area contributed by atoms with E-state index >= 15 is 0 Å². The third kappa shape index (κ3) is 2.64. The first-order valence-corrected chi connectivity index (χ1v) is 9.63. The summed E-state index contributed by atoms with van der Waals surface area (Å²) in [4.78, 5) is 11.7. The Balaban J connectivity index is 1.72. The van der Waals surface area contributed by atoms with Crippen LogP contribution in [-0.4, -0.2) is 29.6 Å². The van der Waals surface area contributed by atoms with E-state index in [-0.39, 0.29) is 36.9 Å². The number of carbonyl (C=O) groups is 1. The van der Waals surface area contributed by atoms with Crippen molar-refractivity contribution >= 4 is 5.78 Å². The molecule has 4 aliphatic rings. The van der Waals surface area contributed by atoms with Crippen molar-refractivity contribution in [3.63, 3.8) is 0 Å². The summed E-state index contributed by atoms with van der Waals surface area (Å²) in [6.07, 6.45) is -0.868. The first-order chi connectivity index (χ1) is 12.6. The number of aliphatic hydroxyl groups is 1. The van der Waals surface area contributed by atoms with Gasteiger partial charge in [0.2, 0.25) is 0 Å². The normalized spacial score (nSPS) is 36.9. The van der Waals surface area contributed by atoms with Crippen molar-refractivity contribution in [1.29, 1.82) is 0 Å². The number of halogens is 5.